The van der Waals surface area contributed by atoms with Crippen LogP contribution in [0.3, 0.4) is 0 Å². The zero-order valence-electron chi connectivity index (χ0n) is 15.8. The van der Waals surface area contributed by atoms with Gasteiger partial charge >= 0.3 is 6.03 Å². The van der Waals surface area contributed by atoms with Crippen molar-refractivity contribution in [2.45, 2.75) is 38.5 Å². The van der Waals surface area contributed by atoms with Crippen LogP contribution in [0.25, 0.3) is 0 Å². The first-order chi connectivity index (χ1) is 13.1. The van der Waals surface area contributed by atoms with Gasteiger partial charge < -0.3 is 26.0 Å². The monoisotopic (exact) mass is 374 g/mol. The van der Waals surface area contributed by atoms with Crippen molar-refractivity contribution in [2.75, 3.05) is 43.5 Å². The molecule has 0 aliphatic carbocycles. The summed E-state index contributed by atoms with van der Waals surface area (Å²) >= 11 is 0. The lowest BCUT2D eigenvalue weighted by Crippen LogP contribution is -2.46. The number of nitrogens with one attached hydrogen (secondary N) is 2. The van der Waals surface area contributed by atoms with E-state index in [1.807, 2.05) is 17.0 Å². The van der Waals surface area contributed by atoms with E-state index in [0.29, 0.717) is 38.3 Å². The van der Waals surface area contributed by atoms with E-state index in [0.717, 1.165) is 31.6 Å². The van der Waals surface area contributed by atoms with Crippen LogP contribution in [0.1, 0.15) is 38.5 Å². The summed E-state index contributed by atoms with van der Waals surface area (Å²) in [6.45, 7) is 3.06. The van der Waals surface area contributed by atoms with Crippen LogP contribution in [0, 0.1) is 5.41 Å². The summed E-state index contributed by atoms with van der Waals surface area (Å²) in [6.07, 6.45) is 5.78. The van der Waals surface area contributed by atoms with E-state index in [4.69, 9.17) is 10.5 Å². The number of ether oxygens (including phenoxy) is 1. The summed E-state index contributed by atoms with van der Waals surface area (Å²) in [7, 11) is 0. The van der Waals surface area contributed by atoms with Gasteiger partial charge in [-0.3, -0.25) is 4.79 Å². The Kier molecular flexibility index (Phi) is 6.68. The predicted octanol–water partition coefficient (Wildman–Crippen LogP) is 2.79. The van der Waals surface area contributed by atoms with Crippen LogP contribution < -0.4 is 16.4 Å². The van der Waals surface area contributed by atoms with E-state index in [9.17, 15) is 9.59 Å². The van der Waals surface area contributed by atoms with Crippen molar-refractivity contribution in [1.29, 1.82) is 0 Å². The number of hydrogen-bond acceptors (Lipinski definition) is 4. The van der Waals surface area contributed by atoms with Crippen molar-refractivity contribution in [3.63, 3.8) is 0 Å². The third-order valence-electron chi connectivity index (χ3n) is 5.61. The Morgan fingerprint density at radius 2 is 1.52 bits per heavy atom. The average molecular weight is 374 g/mol. The van der Waals surface area contributed by atoms with Crippen molar-refractivity contribution in [3.8, 4) is 0 Å². The second-order valence-electron chi connectivity index (χ2n) is 7.46. The molecule has 2 saturated heterocycles. The Hall–Kier alpha value is -2.12. The van der Waals surface area contributed by atoms with Gasteiger partial charge in [0.2, 0.25) is 5.91 Å². The lowest BCUT2D eigenvalue weighted by atomic mass is 9.79. The molecule has 2 fully saturated rings. The fraction of sp³-hybridized carbons (Fsp3) is 0.600. The first-order valence-corrected chi connectivity index (χ1v) is 9.88. The molecule has 0 spiro atoms. The summed E-state index contributed by atoms with van der Waals surface area (Å²) in [5.74, 6) is -0.0605. The van der Waals surface area contributed by atoms with Crippen LogP contribution in [0.5, 0.6) is 0 Å². The summed E-state index contributed by atoms with van der Waals surface area (Å²) < 4.78 is 5.36. The van der Waals surface area contributed by atoms with Gasteiger partial charge in [-0.2, -0.15) is 0 Å². The third-order valence-corrected chi connectivity index (χ3v) is 5.61. The Balaban J connectivity index is 1.56. The number of carbonyl (C=O) groups is 2. The molecule has 148 valence electrons. The molecule has 3 rings (SSSR count). The normalized spacial score (nSPS) is 19.8. The highest BCUT2D eigenvalue weighted by atomic mass is 16.5. The van der Waals surface area contributed by atoms with E-state index in [1.54, 1.807) is 12.1 Å². The number of likely N-dealkylation sites (tertiary alicyclic amines) is 1. The van der Waals surface area contributed by atoms with Crippen molar-refractivity contribution in [1.82, 2.24) is 4.90 Å². The zero-order valence-corrected chi connectivity index (χ0v) is 15.8. The van der Waals surface area contributed by atoms with Crippen molar-refractivity contribution >= 4 is 23.3 Å². The molecule has 0 saturated carbocycles. The molecular weight excluding hydrogens is 344 g/mol. The molecule has 1 aromatic carbocycles. The second kappa shape index (κ2) is 9.19. The highest BCUT2D eigenvalue weighted by Crippen LogP contribution is 2.31. The number of hydrogen-bond donors (Lipinski definition) is 3. The molecule has 0 aromatic heterocycles. The lowest BCUT2D eigenvalue weighted by Gasteiger charge is -2.34. The Morgan fingerprint density at radius 3 is 2.07 bits per heavy atom. The van der Waals surface area contributed by atoms with Crippen LogP contribution in [0.4, 0.5) is 16.2 Å². The molecule has 4 N–H and O–H groups in total. The molecule has 0 bridgehead atoms. The summed E-state index contributed by atoms with van der Waals surface area (Å²) in [4.78, 5) is 27.0. The summed E-state index contributed by atoms with van der Waals surface area (Å²) in [5.41, 5.74) is 6.75. The van der Waals surface area contributed by atoms with Crippen LogP contribution in [0.2, 0.25) is 0 Å². The number of anilines is 2. The van der Waals surface area contributed by atoms with Crippen molar-refractivity contribution in [2.24, 2.45) is 11.1 Å². The number of rotatable bonds is 4. The number of carbonyl (C=O) groups excluding carboxylic acids is 2. The maximum atomic E-state index is 12.7. The summed E-state index contributed by atoms with van der Waals surface area (Å²) in [6, 6.07) is 7.17. The molecule has 2 aliphatic rings. The first-order valence-electron chi connectivity index (χ1n) is 9.88. The smallest absolute Gasteiger partial charge is 0.321 e. The highest BCUT2D eigenvalue weighted by molar-refractivity contribution is 5.96. The van der Waals surface area contributed by atoms with Gasteiger partial charge in [0.25, 0.3) is 0 Å². The summed E-state index contributed by atoms with van der Waals surface area (Å²) in [5, 5.41) is 5.90. The fourth-order valence-electron chi connectivity index (χ4n) is 3.66. The van der Waals surface area contributed by atoms with E-state index in [-0.39, 0.29) is 11.9 Å². The maximum absolute atomic E-state index is 12.7. The van der Waals surface area contributed by atoms with Gasteiger partial charge in [0.05, 0.1) is 5.41 Å². The molecule has 7 nitrogen and oxygen atoms in total. The predicted molar refractivity (Wildman–Crippen MR) is 106 cm³/mol. The standard InChI is InChI=1S/C20H30N4O3/c21-15-20(9-13-27-14-10-20)18(25)22-16-5-7-17(8-6-16)23-19(26)24-11-3-1-2-4-12-24/h5-8H,1-4,9-15,21H2,(H,22,25)(H,23,26). The van der Waals surface area contributed by atoms with Gasteiger partial charge in [-0.25, -0.2) is 4.79 Å². The van der Waals surface area contributed by atoms with E-state index >= 15 is 0 Å². The molecule has 0 unspecified atom stereocenters. The van der Waals surface area contributed by atoms with Gasteiger partial charge in [-0.1, -0.05) is 12.8 Å². The van der Waals surface area contributed by atoms with E-state index < -0.39 is 5.41 Å². The van der Waals surface area contributed by atoms with Gasteiger partial charge in [0.1, 0.15) is 0 Å². The third kappa shape index (κ3) is 4.99. The minimum absolute atomic E-state index is 0.0574. The highest BCUT2D eigenvalue weighted by Gasteiger charge is 2.38. The minimum Gasteiger partial charge on any atom is -0.381 e. The molecule has 0 radical (unpaired) electrons. The van der Waals surface area contributed by atoms with Crippen LogP contribution in [-0.2, 0) is 9.53 Å². The molecule has 1 aromatic rings. The molecule has 2 aliphatic heterocycles. The largest absolute Gasteiger partial charge is 0.381 e. The minimum atomic E-state index is -0.558. The number of benzene rings is 1. The van der Waals surface area contributed by atoms with Crippen molar-refractivity contribution in [3.05, 3.63) is 24.3 Å². The SMILES string of the molecule is NCC1(C(=O)Nc2ccc(NC(=O)N3CCCCCC3)cc2)CCOCC1. The number of nitrogens with zero attached hydrogens (tertiary/aromatic N) is 1. The van der Waals surface area contributed by atoms with Crippen LogP contribution >= 0.6 is 0 Å². The van der Waals surface area contributed by atoms with Gasteiger partial charge in [0, 0.05) is 44.2 Å². The van der Waals surface area contributed by atoms with Crippen molar-refractivity contribution < 1.29 is 14.3 Å². The fourth-order valence-corrected chi connectivity index (χ4v) is 3.66. The van der Waals surface area contributed by atoms with E-state index in [1.165, 1.54) is 12.8 Å². The van der Waals surface area contributed by atoms with E-state index in [2.05, 4.69) is 10.6 Å². The molecule has 3 amide bonds. The maximum Gasteiger partial charge on any atom is 0.321 e. The number of urea groups is 1. The van der Waals surface area contributed by atoms with Gasteiger partial charge in [-0.05, 0) is 49.9 Å². The van der Waals surface area contributed by atoms with Crippen LogP contribution in [-0.4, -0.2) is 49.7 Å². The Bertz CT molecular complexity index is 633. The lowest BCUT2D eigenvalue weighted by molar-refractivity contribution is -0.130. The molecule has 2 heterocycles. The Labute approximate surface area is 160 Å². The van der Waals surface area contributed by atoms with Gasteiger partial charge in [-0.15, -0.1) is 0 Å². The number of amides is 3. The molecule has 27 heavy (non-hydrogen) atoms. The molecule has 0 atom stereocenters. The Morgan fingerprint density at radius 1 is 0.963 bits per heavy atom. The number of nitrogens with two attached hydrogens (primary N) is 1. The average Bonchev–Trinajstić information content (AvgIpc) is 2.99. The van der Waals surface area contributed by atoms with Gasteiger partial charge in [0.15, 0.2) is 0 Å². The first kappa shape index (κ1) is 19.6. The zero-order chi connectivity index (χ0) is 19.1. The molecule has 7 heteroatoms. The quantitative estimate of drug-likeness (QED) is 0.755. The van der Waals surface area contributed by atoms with Crippen LogP contribution in [0.15, 0.2) is 24.3 Å². The molecular formula is C20H30N4O3. The topological polar surface area (TPSA) is 96.7 Å². The second-order valence-corrected chi connectivity index (χ2v) is 7.46.